The number of anilines is 2. The SMILES string of the molecule is Cc1ccc(C(=O)Nc2cc(CNC3CC3)cc(C(F)(F)F)c2)cc1N(N)/C=C(\N)c1cnn(C)c1C. The number of hydrazine groups is 1. The van der Waals surface area contributed by atoms with Gasteiger partial charge in [-0.1, -0.05) is 6.07 Å². The number of aromatic nitrogens is 2. The second-order valence-corrected chi connectivity index (χ2v) is 9.29. The van der Waals surface area contributed by atoms with Gasteiger partial charge in [-0.05, 0) is 68.1 Å². The molecule has 0 spiro atoms. The molecule has 1 amide bonds. The minimum Gasteiger partial charge on any atom is -0.397 e. The van der Waals surface area contributed by atoms with Crippen LogP contribution in [0.2, 0.25) is 0 Å². The zero-order chi connectivity index (χ0) is 26.9. The van der Waals surface area contributed by atoms with Crippen molar-refractivity contribution in [3.05, 3.63) is 82.3 Å². The van der Waals surface area contributed by atoms with Gasteiger partial charge in [0.1, 0.15) is 0 Å². The van der Waals surface area contributed by atoms with E-state index in [1.807, 2.05) is 13.8 Å². The summed E-state index contributed by atoms with van der Waals surface area (Å²) in [4.78, 5) is 13.0. The van der Waals surface area contributed by atoms with Gasteiger partial charge in [0.25, 0.3) is 5.91 Å². The van der Waals surface area contributed by atoms with Gasteiger partial charge in [0.05, 0.1) is 23.1 Å². The average Bonchev–Trinajstić information content (AvgIpc) is 3.60. The molecule has 37 heavy (non-hydrogen) atoms. The number of halogens is 3. The molecule has 1 heterocycles. The van der Waals surface area contributed by atoms with Gasteiger partial charge in [-0.15, -0.1) is 0 Å². The second-order valence-electron chi connectivity index (χ2n) is 9.29. The Kier molecular flexibility index (Phi) is 7.28. The first-order valence-corrected chi connectivity index (χ1v) is 11.8. The number of hydrogen-bond donors (Lipinski definition) is 4. The monoisotopic (exact) mass is 513 g/mol. The lowest BCUT2D eigenvalue weighted by atomic mass is 10.1. The Morgan fingerprint density at radius 2 is 1.95 bits per heavy atom. The van der Waals surface area contributed by atoms with E-state index in [9.17, 15) is 18.0 Å². The Labute approximate surface area is 213 Å². The van der Waals surface area contributed by atoms with Gasteiger partial charge in [0, 0.05) is 48.3 Å². The van der Waals surface area contributed by atoms with E-state index in [0.29, 0.717) is 29.5 Å². The molecule has 11 heteroatoms. The van der Waals surface area contributed by atoms with Crippen LogP contribution in [0.3, 0.4) is 0 Å². The molecule has 1 aliphatic carbocycles. The summed E-state index contributed by atoms with van der Waals surface area (Å²) in [5, 5.41) is 11.3. The maximum absolute atomic E-state index is 13.5. The van der Waals surface area contributed by atoms with Crippen LogP contribution in [0.4, 0.5) is 24.5 Å². The van der Waals surface area contributed by atoms with Gasteiger partial charge in [-0.2, -0.15) is 18.3 Å². The summed E-state index contributed by atoms with van der Waals surface area (Å²) in [6.45, 7) is 3.99. The smallest absolute Gasteiger partial charge is 0.397 e. The number of nitrogens with zero attached hydrogens (tertiary/aromatic N) is 3. The third-order valence-corrected chi connectivity index (χ3v) is 6.32. The summed E-state index contributed by atoms with van der Waals surface area (Å²) >= 11 is 0. The summed E-state index contributed by atoms with van der Waals surface area (Å²) < 4.78 is 42.1. The molecule has 8 nitrogen and oxygen atoms in total. The molecule has 1 aliphatic rings. The maximum atomic E-state index is 13.5. The number of benzene rings is 2. The van der Waals surface area contributed by atoms with Crippen molar-refractivity contribution < 1.29 is 18.0 Å². The number of rotatable bonds is 8. The van der Waals surface area contributed by atoms with Gasteiger partial charge in [0.15, 0.2) is 0 Å². The van der Waals surface area contributed by atoms with E-state index in [0.717, 1.165) is 41.8 Å². The molecule has 1 aromatic heterocycles. The molecule has 0 unspecified atom stereocenters. The number of hydrogen-bond acceptors (Lipinski definition) is 6. The fraction of sp³-hybridized carbons (Fsp3) is 0.308. The van der Waals surface area contributed by atoms with Crippen molar-refractivity contribution in [1.82, 2.24) is 15.1 Å². The first-order chi connectivity index (χ1) is 17.4. The number of aryl methyl sites for hydroxylation is 2. The number of alkyl halides is 3. The van der Waals surface area contributed by atoms with Crippen LogP contribution in [-0.4, -0.2) is 21.7 Å². The van der Waals surface area contributed by atoms with Gasteiger partial charge < -0.3 is 16.4 Å². The van der Waals surface area contributed by atoms with Crippen LogP contribution in [0.5, 0.6) is 0 Å². The number of carbonyl (C=O) groups is 1. The molecule has 1 saturated carbocycles. The van der Waals surface area contributed by atoms with Crippen LogP contribution in [0.15, 0.2) is 48.8 Å². The molecular weight excluding hydrogens is 483 g/mol. The Morgan fingerprint density at radius 1 is 1.22 bits per heavy atom. The average molecular weight is 514 g/mol. The molecule has 0 radical (unpaired) electrons. The summed E-state index contributed by atoms with van der Waals surface area (Å²) in [6, 6.07) is 8.78. The highest BCUT2D eigenvalue weighted by Gasteiger charge is 2.31. The molecule has 0 atom stereocenters. The first-order valence-electron chi connectivity index (χ1n) is 11.8. The van der Waals surface area contributed by atoms with E-state index in [4.69, 9.17) is 11.6 Å². The van der Waals surface area contributed by atoms with E-state index in [1.165, 1.54) is 11.2 Å². The Hall–Kier alpha value is -3.83. The fourth-order valence-electron chi connectivity index (χ4n) is 3.88. The Balaban J connectivity index is 1.56. The summed E-state index contributed by atoms with van der Waals surface area (Å²) in [7, 11) is 1.80. The van der Waals surface area contributed by atoms with E-state index in [1.54, 1.807) is 42.2 Å². The van der Waals surface area contributed by atoms with Gasteiger partial charge in [-0.3, -0.25) is 14.5 Å². The zero-order valence-corrected chi connectivity index (χ0v) is 20.9. The van der Waals surface area contributed by atoms with Crippen LogP contribution in [0.1, 0.15) is 51.1 Å². The first kappa shape index (κ1) is 26.2. The molecule has 0 bridgehead atoms. The minimum absolute atomic E-state index is 0.0651. The Bertz CT molecular complexity index is 1340. The van der Waals surface area contributed by atoms with E-state index >= 15 is 0 Å². The predicted molar refractivity (Wildman–Crippen MR) is 137 cm³/mol. The van der Waals surface area contributed by atoms with Crippen molar-refractivity contribution in [2.45, 2.75) is 45.5 Å². The van der Waals surface area contributed by atoms with Crippen LogP contribution < -0.4 is 27.2 Å². The largest absolute Gasteiger partial charge is 0.416 e. The van der Waals surface area contributed by atoms with Crippen molar-refractivity contribution in [2.75, 3.05) is 10.3 Å². The van der Waals surface area contributed by atoms with Gasteiger partial charge in [0.2, 0.25) is 0 Å². The molecule has 6 N–H and O–H groups in total. The highest BCUT2D eigenvalue weighted by Crippen LogP contribution is 2.33. The highest BCUT2D eigenvalue weighted by atomic mass is 19.4. The molecule has 4 rings (SSSR count). The lowest BCUT2D eigenvalue weighted by molar-refractivity contribution is -0.137. The lowest BCUT2D eigenvalue weighted by Gasteiger charge is -2.19. The normalized spacial score (nSPS) is 14.1. The highest BCUT2D eigenvalue weighted by molar-refractivity contribution is 6.05. The molecular formula is C26H30F3N7O. The van der Waals surface area contributed by atoms with Gasteiger partial charge in [-0.25, -0.2) is 5.84 Å². The summed E-state index contributed by atoms with van der Waals surface area (Å²) in [5.41, 5.74) is 9.40. The number of nitrogens with two attached hydrogens (primary N) is 2. The third kappa shape index (κ3) is 6.30. The standard InChI is InChI=1S/C26H30F3N7O/c1-15-4-5-18(10-24(15)36(31)14-23(30)22-13-33-35(3)16(22)2)25(37)34-21-9-17(12-32-20-6-7-20)8-19(11-21)26(27,28)29/h4-5,8-11,13-14,20,32H,6-7,12,30-31H2,1-3H3,(H,34,37)/b23-14-. The van der Waals surface area contributed by atoms with Crippen LogP contribution >= 0.6 is 0 Å². The molecule has 0 saturated heterocycles. The fourth-order valence-corrected chi connectivity index (χ4v) is 3.88. The summed E-state index contributed by atoms with van der Waals surface area (Å²) in [6.07, 6.45) is 0.651. The number of carbonyl (C=O) groups excluding carboxylic acids is 1. The van der Waals surface area contributed by atoms with Crippen molar-refractivity contribution in [3.8, 4) is 0 Å². The third-order valence-electron chi connectivity index (χ3n) is 6.32. The predicted octanol–water partition coefficient (Wildman–Crippen LogP) is 4.20. The molecule has 3 aromatic rings. The molecule has 196 valence electrons. The van der Waals surface area contributed by atoms with Crippen LogP contribution in [0.25, 0.3) is 5.70 Å². The van der Waals surface area contributed by atoms with Crippen molar-refractivity contribution in [1.29, 1.82) is 0 Å². The second kappa shape index (κ2) is 10.3. The zero-order valence-electron chi connectivity index (χ0n) is 20.9. The van der Waals surface area contributed by atoms with Crippen LogP contribution in [-0.2, 0) is 19.8 Å². The molecule has 0 aliphatic heterocycles. The quantitative estimate of drug-likeness (QED) is 0.265. The van der Waals surface area contributed by atoms with Crippen molar-refractivity contribution in [2.24, 2.45) is 18.6 Å². The molecule has 2 aromatic carbocycles. The van der Waals surface area contributed by atoms with Crippen molar-refractivity contribution in [3.63, 3.8) is 0 Å². The maximum Gasteiger partial charge on any atom is 0.416 e. The number of nitrogens with one attached hydrogen (secondary N) is 2. The molecule has 1 fully saturated rings. The lowest BCUT2D eigenvalue weighted by Crippen LogP contribution is -2.27. The number of amides is 1. The summed E-state index contributed by atoms with van der Waals surface area (Å²) in [5.74, 6) is 5.69. The van der Waals surface area contributed by atoms with Crippen LogP contribution in [0, 0.1) is 13.8 Å². The van der Waals surface area contributed by atoms with E-state index < -0.39 is 17.6 Å². The Morgan fingerprint density at radius 3 is 2.57 bits per heavy atom. The van der Waals surface area contributed by atoms with E-state index in [2.05, 4.69) is 15.7 Å². The van der Waals surface area contributed by atoms with Crippen molar-refractivity contribution >= 4 is 23.0 Å². The minimum atomic E-state index is -4.54. The van der Waals surface area contributed by atoms with E-state index in [-0.39, 0.29) is 11.3 Å². The van der Waals surface area contributed by atoms with Gasteiger partial charge >= 0.3 is 6.18 Å². The topological polar surface area (TPSA) is 114 Å².